The summed E-state index contributed by atoms with van der Waals surface area (Å²) in [5, 5.41) is 22.7. The minimum Gasteiger partial charge on any atom is -0.493 e. The maximum atomic E-state index is 13.0. The Balaban J connectivity index is 1.55. The lowest BCUT2D eigenvalue weighted by molar-refractivity contribution is -0.112. The zero-order chi connectivity index (χ0) is 25.7. The summed E-state index contributed by atoms with van der Waals surface area (Å²) in [5.74, 6) is 0.568. The number of rotatable bonds is 7. The molecule has 8 heteroatoms. The summed E-state index contributed by atoms with van der Waals surface area (Å²) in [6.07, 6.45) is 5.41. The number of aryl methyl sites for hydroxylation is 2. The molecule has 2 aromatic carbocycles. The summed E-state index contributed by atoms with van der Waals surface area (Å²) >= 11 is 3.59. The minimum atomic E-state index is -0.540. The van der Waals surface area contributed by atoms with Crippen molar-refractivity contribution in [2.24, 2.45) is 0 Å². The van der Waals surface area contributed by atoms with Crippen LogP contribution >= 0.6 is 33.9 Å². The van der Waals surface area contributed by atoms with E-state index >= 15 is 0 Å². The van der Waals surface area contributed by atoms with Gasteiger partial charge in [0.2, 0.25) is 0 Å². The molecule has 0 saturated heterocycles. The second-order valence-electron chi connectivity index (χ2n) is 8.46. The maximum Gasteiger partial charge on any atom is 0.266 e. The number of halogens is 1. The summed E-state index contributed by atoms with van der Waals surface area (Å²) in [4.78, 5) is 14.1. The first kappa shape index (κ1) is 25.7. The van der Waals surface area contributed by atoms with Crippen molar-refractivity contribution in [1.29, 1.82) is 10.5 Å². The third-order valence-corrected chi connectivity index (χ3v) is 7.95. The molecule has 0 bridgehead atoms. The van der Waals surface area contributed by atoms with Gasteiger partial charge in [0, 0.05) is 4.88 Å². The molecule has 182 valence electrons. The van der Waals surface area contributed by atoms with Crippen LogP contribution in [0, 0.1) is 33.2 Å². The van der Waals surface area contributed by atoms with Crippen molar-refractivity contribution in [3.8, 4) is 23.6 Å². The van der Waals surface area contributed by atoms with Crippen molar-refractivity contribution in [2.45, 2.75) is 39.2 Å². The molecule has 6 nitrogen and oxygen atoms in total. The molecule has 1 aliphatic rings. The average Bonchev–Trinajstić information content (AvgIpc) is 3.24. The van der Waals surface area contributed by atoms with E-state index in [0.29, 0.717) is 34.2 Å². The van der Waals surface area contributed by atoms with Crippen LogP contribution in [0.1, 0.15) is 45.5 Å². The van der Waals surface area contributed by atoms with E-state index in [4.69, 9.17) is 9.47 Å². The van der Waals surface area contributed by atoms with Crippen LogP contribution in [-0.2, 0) is 24.2 Å². The van der Waals surface area contributed by atoms with E-state index in [1.54, 1.807) is 13.2 Å². The molecule has 0 radical (unpaired) electrons. The third kappa shape index (κ3) is 5.72. The predicted octanol–water partition coefficient (Wildman–Crippen LogP) is 6.54. The molecule has 4 rings (SSSR count). The van der Waals surface area contributed by atoms with Gasteiger partial charge in [0.25, 0.3) is 5.91 Å². The number of nitrogens with zero attached hydrogens (tertiary/aromatic N) is 2. The molecule has 1 heterocycles. The van der Waals surface area contributed by atoms with E-state index < -0.39 is 5.91 Å². The highest BCUT2D eigenvalue weighted by Gasteiger charge is 2.23. The molecular weight excluding hydrogens is 585 g/mol. The van der Waals surface area contributed by atoms with Crippen molar-refractivity contribution >= 4 is 50.9 Å². The second-order valence-corrected chi connectivity index (χ2v) is 10.7. The first-order chi connectivity index (χ1) is 17.4. The number of fused-ring (bicyclic) bond motifs is 1. The van der Waals surface area contributed by atoms with E-state index in [1.165, 1.54) is 23.0 Å². The minimum absolute atomic E-state index is 0.0589. The molecular formula is C28H24IN3O3S. The van der Waals surface area contributed by atoms with E-state index in [-0.39, 0.29) is 5.57 Å². The molecule has 1 aliphatic carbocycles. The number of methoxy groups -OCH3 is 1. The lowest BCUT2D eigenvalue weighted by Crippen LogP contribution is -2.13. The number of thiophene rings is 1. The zero-order valence-corrected chi connectivity index (χ0v) is 23.0. The normalized spacial score (nSPS) is 12.8. The second kappa shape index (κ2) is 11.6. The Morgan fingerprint density at radius 1 is 1.19 bits per heavy atom. The van der Waals surface area contributed by atoms with Gasteiger partial charge in [0.15, 0.2) is 11.5 Å². The number of carbonyl (C=O) groups excluding carboxylic acids is 1. The third-order valence-electron chi connectivity index (χ3n) is 5.94. The van der Waals surface area contributed by atoms with E-state index in [2.05, 4.69) is 34.0 Å². The Bertz CT molecular complexity index is 1410. The van der Waals surface area contributed by atoms with Crippen LogP contribution in [0.25, 0.3) is 6.08 Å². The van der Waals surface area contributed by atoms with Gasteiger partial charge in [-0.2, -0.15) is 10.5 Å². The van der Waals surface area contributed by atoms with Gasteiger partial charge in [-0.05, 0) is 90.1 Å². The molecule has 0 aliphatic heterocycles. The molecule has 0 atom stereocenters. The van der Waals surface area contributed by atoms with Crippen LogP contribution in [0.2, 0.25) is 0 Å². The standard InChI is InChI=1S/C28H24IN3O3S/c1-17-7-9-18(10-8-17)16-35-26-23(29)12-19(13-24(26)34-2)11-20(14-30)27(33)32-28-22(15-31)21-5-3-4-6-25(21)36-28/h7-13H,3-6,16H2,1-2H3,(H,32,33)/b20-11+. The van der Waals surface area contributed by atoms with Gasteiger partial charge in [-0.1, -0.05) is 29.8 Å². The van der Waals surface area contributed by atoms with Gasteiger partial charge in [0.1, 0.15) is 29.3 Å². The van der Waals surface area contributed by atoms with Crippen molar-refractivity contribution in [1.82, 2.24) is 0 Å². The van der Waals surface area contributed by atoms with Gasteiger partial charge in [-0.3, -0.25) is 4.79 Å². The van der Waals surface area contributed by atoms with Gasteiger partial charge in [0.05, 0.1) is 16.2 Å². The van der Waals surface area contributed by atoms with Crippen LogP contribution in [0.3, 0.4) is 0 Å². The maximum absolute atomic E-state index is 13.0. The monoisotopic (exact) mass is 609 g/mol. The van der Waals surface area contributed by atoms with Gasteiger partial charge in [-0.15, -0.1) is 11.3 Å². The fraction of sp³-hybridized carbons (Fsp3) is 0.250. The van der Waals surface area contributed by atoms with Crippen LogP contribution in [0.4, 0.5) is 5.00 Å². The quantitative estimate of drug-likeness (QED) is 0.186. The number of benzene rings is 2. The van der Waals surface area contributed by atoms with Crippen LogP contribution in [0.15, 0.2) is 42.0 Å². The lowest BCUT2D eigenvalue weighted by atomic mass is 9.96. The number of nitriles is 2. The number of amides is 1. The van der Waals surface area contributed by atoms with Crippen molar-refractivity contribution in [3.63, 3.8) is 0 Å². The van der Waals surface area contributed by atoms with Crippen LogP contribution < -0.4 is 14.8 Å². The molecule has 1 N–H and O–H groups in total. The molecule has 0 unspecified atom stereocenters. The Labute approximate surface area is 228 Å². The largest absolute Gasteiger partial charge is 0.493 e. The number of hydrogen-bond acceptors (Lipinski definition) is 6. The van der Waals surface area contributed by atoms with Crippen LogP contribution in [-0.4, -0.2) is 13.0 Å². The Hall–Kier alpha value is -3.34. The first-order valence-electron chi connectivity index (χ1n) is 11.5. The summed E-state index contributed by atoms with van der Waals surface area (Å²) in [6, 6.07) is 15.9. The summed E-state index contributed by atoms with van der Waals surface area (Å²) in [7, 11) is 1.55. The lowest BCUT2D eigenvalue weighted by Gasteiger charge is -2.14. The number of anilines is 1. The Morgan fingerprint density at radius 3 is 2.64 bits per heavy atom. The Morgan fingerprint density at radius 2 is 1.94 bits per heavy atom. The van der Waals surface area contributed by atoms with Crippen LogP contribution in [0.5, 0.6) is 11.5 Å². The topological polar surface area (TPSA) is 95.1 Å². The molecule has 1 aromatic heterocycles. The summed E-state index contributed by atoms with van der Waals surface area (Å²) in [6.45, 7) is 2.43. The summed E-state index contributed by atoms with van der Waals surface area (Å²) < 4.78 is 12.4. The Kier molecular flexibility index (Phi) is 8.29. The van der Waals surface area contributed by atoms with Crippen molar-refractivity contribution in [3.05, 3.63) is 78.2 Å². The van der Waals surface area contributed by atoms with Gasteiger partial charge in [-0.25, -0.2) is 0 Å². The highest BCUT2D eigenvalue weighted by Crippen LogP contribution is 2.38. The average molecular weight is 609 g/mol. The molecule has 0 saturated carbocycles. The predicted molar refractivity (Wildman–Crippen MR) is 149 cm³/mol. The fourth-order valence-corrected chi connectivity index (χ4v) is 6.08. The highest BCUT2D eigenvalue weighted by molar-refractivity contribution is 14.1. The molecule has 1 amide bonds. The number of carbonyl (C=O) groups is 1. The SMILES string of the molecule is COc1cc(/C=C(\C#N)C(=O)Nc2sc3c(c2C#N)CCCC3)cc(I)c1OCc1ccc(C)cc1. The smallest absolute Gasteiger partial charge is 0.266 e. The zero-order valence-electron chi connectivity index (χ0n) is 20.0. The molecule has 0 spiro atoms. The molecule has 0 fully saturated rings. The van der Waals surface area contributed by atoms with Crippen molar-refractivity contribution in [2.75, 3.05) is 12.4 Å². The van der Waals surface area contributed by atoms with E-state index in [1.807, 2.05) is 43.3 Å². The summed E-state index contributed by atoms with van der Waals surface area (Å²) in [5.41, 5.74) is 4.35. The van der Waals surface area contributed by atoms with Crippen molar-refractivity contribution < 1.29 is 14.3 Å². The highest BCUT2D eigenvalue weighted by atomic mass is 127. The van der Waals surface area contributed by atoms with E-state index in [0.717, 1.165) is 45.3 Å². The van der Waals surface area contributed by atoms with Gasteiger partial charge < -0.3 is 14.8 Å². The first-order valence-corrected chi connectivity index (χ1v) is 13.4. The van der Waals surface area contributed by atoms with Gasteiger partial charge >= 0.3 is 0 Å². The fourth-order valence-electron chi connectivity index (χ4n) is 4.06. The number of hydrogen-bond donors (Lipinski definition) is 1. The molecule has 3 aromatic rings. The number of nitrogens with one attached hydrogen (secondary N) is 1. The van der Waals surface area contributed by atoms with E-state index in [9.17, 15) is 15.3 Å². The molecule has 36 heavy (non-hydrogen) atoms. The number of ether oxygens (including phenoxy) is 2.